The third-order valence-corrected chi connectivity index (χ3v) is 3.88. The van der Waals surface area contributed by atoms with E-state index in [4.69, 9.17) is 4.74 Å². The van der Waals surface area contributed by atoms with E-state index in [1.54, 1.807) is 0 Å². The summed E-state index contributed by atoms with van der Waals surface area (Å²) in [6.45, 7) is 4.91. The highest BCUT2D eigenvalue weighted by Gasteiger charge is 2.31. The molecule has 0 saturated heterocycles. The standard InChI is InChI=1S/C18H22N2O3/c1-12(2)11-20-18(22)15(10-19)16(21)9-17-14-6-4-3-5-13(14)7-8-23-17/h3-6,12,15,17H,7-9,11H2,1-2H3,(H,20,22). The Hall–Kier alpha value is -2.19. The van der Waals surface area contributed by atoms with Crippen LogP contribution in [0, 0.1) is 23.2 Å². The molecular weight excluding hydrogens is 292 g/mol. The molecule has 2 atom stereocenters. The molecule has 0 spiro atoms. The first-order valence-corrected chi connectivity index (χ1v) is 7.92. The van der Waals surface area contributed by atoms with Gasteiger partial charge >= 0.3 is 0 Å². The average Bonchev–Trinajstić information content (AvgIpc) is 2.54. The second kappa shape index (κ2) is 7.89. The van der Waals surface area contributed by atoms with E-state index in [1.807, 2.05) is 44.2 Å². The lowest BCUT2D eigenvalue weighted by molar-refractivity contribution is -0.133. The summed E-state index contributed by atoms with van der Waals surface area (Å²) in [5.41, 5.74) is 2.14. The molecule has 1 aliphatic heterocycles. The summed E-state index contributed by atoms with van der Waals surface area (Å²) in [5.74, 6) is -1.92. The van der Waals surface area contributed by atoms with E-state index in [-0.39, 0.29) is 18.4 Å². The summed E-state index contributed by atoms with van der Waals surface area (Å²) in [5, 5.41) is 11.8. The van der Waals surface area contributed by atoms with Crippen LogP contribution >= 0.6 is 0 Å². The molecule has 5 nitrogen and oxygen atoms in total. The summed E-state index contributed by atoms with van der Waals surface area (Å²) in [7, 11) is 0. The van der Waals surface area contributed by atoms with Gasteiger partial charge in [-0.2, -0.15) is 5.26 Å². The van der Waals surface area contributed by atoms with E-state index in [0.717, 1.165) is 17.5 Å². The Morgan fingerprint density at radius 2 is 2.13 bits per heavy atom. The van der Waals surface area contributed by atoms with Gasteiger partial charge in [0.2, 0.25) is 5.91 Å². The number of ketones is 1. The number of hydrogen-bond donors (Lipinski definition) is 1. The first-order valence-electron chi connectivity index (χ1n) is 7.92. The molecule has 122 valence electrons. The van der Waals surface area contributed by atoms with Gasteiger partial charge in [0.1, 0.15) is 0 Å². The fourth-order valence-corrected chi connectivity index (χ4v) is 2.63. The van der Waals surface area contributed by atoms with Crippen molar-refractivity contribution >= 4 is 11.7 Å². The number of carbonyl (C=O) groups excluding carboxylic acids is 2. The minimum atomic E-state index is -1.27. The van der Waals surface area contributed by atoms with Crippen LogP contribution in [0.25, 0.3) is 0 Å². The van der Waals surface area contributed by atoms with Crippen molar-refractivity contribution in [2.45, 2.75) is 32.8 Å². The number of hydrogen-bond acceptors (Lipinski definition) is 4. The highest BCUT2D eigenvalue weighted by molar-refractivity contribution is 6.04. The number of carbonyl (C=O) groups is 2. The number of ether oxygens (including phenoxy) is 1. The van der Waals surface area contributed by atoms with Crippen LogP contribution in [0.3, 0.4) is 0 Å². The molecule has 1 heterocycles. The van der Waals surface area contributed by atoms with Crippen molar-refractivity contribution in [3.8, 4) is 6.07 Å². The van der Waals surface area contributed by atoms with Gasteiger partial charge in [0.25, 0.3) is 0 Å². The normalized spacial score (nSPS) is 17.9. The van der Waals surface area contributed by atoms with E-state index in [9.17, 15) is 14.9 Å². The van der Waals surface area contributed by atoms with Gasteiger partial charge in [-0.1, -0.05) is 38.1 Å². The zero-order valence-electron chi connectivity index (χ0n) is 13.5. The Bertz CT molecular complexity index is 619. The highest BCUT2D eigenvalue weighted by Crippen LogP contribution is 2.30. The quantitative estimate of drug-likeness (QED) is 0.816. The van der Waals surface area contributed by atoms with Gasteiger partial charge in [-0.15, -0.1) is 0 Å². The summed E-state index contributed by atoms with van der Waals surface area (Å²) in [6, 6.07) is 9.64. The van der Waals surface area contributed by atoms with Gasteiger partial charge in [0.05, 0.1) is 18.8 Å². The van der Waals surface area contributed by atoms with Crippen LogP contribution in [0.4, 0.5) is 0 Å². The minimum Gasteiger partial charge on any atom is -0.373 e. The fourth-order valence-electron chi connectivity index (χ4n) is 2.63. The molecular formula is C18H22N2O3. The molecule has 1 aliphatic rings. The van der Waals surface area contributed by atoms with E-state index in [0.29, 0.717) is 13.2 Å². The first kappa shape index (κ1) is 17.2. The number of Topliss-reactive ketones (excluding diaryl/α,β-unsaturated/α-hetero) is 1. The van der Waals surface area contributed by atoms with Gasteiger partial charge in [-0.05, 0) is 23.5 Å². The minimum absolute atomic E-state index is 0.0460. The second-order valence-electron chi connectivity index (χ2n) is 6.18. The number of nitriles is 1. The molecule has 0 saturated carbocycles. The SMILES string of the molecule is CC(C)CNC(=O)C(C#N)C(=O)CC1OCCc2ccccc21. The molecule has 23 heavy (non-hydrogen) atoms. The summed E-state index contributed by atoms with van der Waals surface area (Å²) in [6.07, 6.45) is 0.489. The molecule has 5 heteroatoms. The van der Waals surface area contributed by atoms with Crippen molar-refractivity contribution in [1.82, 2.24) is 5.32 Å². The Kier molecular flexibility index (Phi) is 5.89. The maximum atomic E-state index is 12.4. The maximum absolute atomic E-state index is 12.4. The predicted octanol–water partition coefficient (Wildman–Crippen LogP) is 2.17. The molecule has 0 radical (unpaired) electrons. The summed E-state index contributed by atoms with van der Waals surface area (Å²) in [4.78, 5) is 24.4. The van der Waals surface area contributed by atoms with Gasteiger partial charge in [-0.3, -0.25) is 9.59 Å². The number of nitrogens with zero attached hydrogens (tertiary/aromatic N) is 1. The molecule has 2 unspecified atom stereocenters. The van der Waals surface area contributed by atoms with Gasteiger partial charge < -0.3 is 10.1 Å². The Morgan fingerprint density at radius 1 is 1.39 bits per heavy atom. The third-order valence-electron chi connectivity index (χ3n) is 3.88. The van der Waals surface area contributed by atoms with Crippen LogP contribution in [-0.2, 0) is 20.7 Å². The Labute approximate surface area is 136 Å². The largest absolute Gasteiger partial charge is 0.373 e. The van der Waals surface area contributed by atoms with Crippen molar-refractivity contribution in [1.29, 1.82) is 5.26 Å². The molecule has 1 N–H and O–H groups in total. The van der Waals surface area contributed by atoms with E-state index >= 15 is 0 Å². The molecule has 1 amide bonds. The zero-order chi connectivity index (χ0) is 16.8. The van der Waals surface area contributed by atoms with Crippen molar-refractivity contribution in [3.05, 3.63) is 35.4 Å². The highest BCUT2D eigenvalue weighted by atomic mass is 16.5. The van der Waals surface area contributed by atoms with Crippen LogP contribution < -0.4 is 5.32 Å². The van der Waals surface area contributed by atoms with Crippen LogP contribution in [0.15, 0.2) is 24.3 Å². The average molecular weight is 314 g/mol. The number of rotatable bonds is 6. The van der Waals surface area contributed by atoms with Gasteiger partial charge in [0, 0.05) is 13.0 Å². The number of nitrogens with one attached hydrogen (secondary N) is 1. The second-order valence-corrected chi connectivity index (χ2v) is 6.18. The Balaban J connectivity index is 2.03. The van der Waals surface area contributed by atoms with Crippen molar-refractivity contribution < 1.29 is 14.3 Å². The van der Waals surface area contributed by atoms with Gasteiger partial charge in [-0.25, -0.2) is 0 Å². The molecule has 0 bridgehead atoms. The van der Waals surface area contributed by atoms with Crippen LogP contribution in [0.1, 0.15) is 37.5 Å². The molecule has 0 aromatic heterocycles. The van der Waals surface area contributed by atoms with Crippen molar-refractivity contribution in [3.63, 3.8) is 0 Å². The monoisotopic (exact) mass is 314 g/mol. The molecule has 0 aliphatic carbocycles. The lowest BCUT2D eigenvalue weighted by Crippen LogP contribution is -2.37. The predicted molar refractivity (Wildman–Crippen MR) is 85.4 cm³/mol. The van der Waals surface area contributed by atoms with E-state index < -0.39 is 17.6 Å². The summed E-state index contributed by atoms with van der Waals surface area (Å²) < 4.78 is 5.69. The molecule has 1 aromatic carbocycles. The molecule has 0 fully saturated rings. The van der Waals surface area contributed by atoms with Crippen LogP contribution in [-0.4, -0.2) is 24.8 Å². The van der Waals surface area contributed by atoms with Crippen LogP contribution in [0.2, 0.25) is 0 Å². The van der Waals surface area contributed by atoms with E-state index in [1.165, 1.54) is 0 Å². The molecule has 2 rings (SSSR count). The lowest BCUT2D eigenvalue weighted by atomic mass is 9.91. The topological polar surface area (TPSA) is 79.2 Å². The van der Waals surface area contributed by atoms with E-state index in [2.05, 4.69) is 5.32 Å². The molecule has 1 aromatic rings. The number of amides is 1. The summed E-state index contributed by atoms with van der Waals surface area (Å²) >= 11 is 0. The zero-order valence-corrected chi connectivity index (χ0v) is 13.5. The van der Waals surface area contributed by atoms with Crippen LogP contribution in [0.5, 0.6) is 0 Å². The lowest BCUT2D eigenvalue weighted by Gasteiger charge is -2.26. The number of benzene rings is 1. The first-order chi connectivity index (χ1) is 11.0. The van der Waals surface area contributed by atoms with Gasteiger partial charge in [0.15, 0.2) is 11.7 Å². The Morgan fingerprint density at radius 3 is 2.83 bits per heavy atom. The fraction of sp³-hybridized carbons (Fsp3) is 0.500. The maximum Gasteiger partial charge on any atom is 0.245 e. The van der Waals surface area contributed by atoms with Crippen molar-refractivity contribution in [2.75, 3.05) is 13.2 Å². The smallest absolute Gasteiger partial charge is 0.245 e. The number of fused-ring (bicyclic) bond motifs is 1. The van der Waals surface area contributed by atoms with Crippen molar-refractivity contribution in [2.24, 2.45) is 11.8 Å². The third kappa shape index (κ3) is 4.40.